The summed E-state index contributed by atoms with van der Waals surface area (Å²) >= 11 is 0. The summed E-state index contributed by atoms with van der Waals surface area (Å²) < 4.78 is 0. The Bertz CT molecular complexity index is 514. The molecule has 1 aliphatic rings. The van der Waals surface area contributed by atoms with Crippen LogP contribution in [0.4, 0.5) is 0 Å². The number of carbonyl (C=O) groups excluding carboxylic acids is 1. The molecule has 1 aromatic rings. The van der Waals surface area contributed by atoms with Crippen molar-refractivity contribution in [2.45, 2.75) is 46.8 Å². The van der Waals surface area contributed by atoms with Gasteiger partial charge in [0.15, 0.2) is 5.69 Å². The van der Waals surface area contributed by atoms with E-state index in [1.165, 1.54) is 0 Å². The van der Waals surface area contributed by atoms with Crippen molar-refractivity contribution in [3.63, 3.8) is 0 Å². The van der Waals surface area contributed by atoms with Crippen LogP contribution in [0.3, 0.4) is 0 Å². The molecule has 0 bridgehead atoms. The molecule has 1 atom stereocenters. The monoisotopic (exact) mass is 330 g/mol. The SMILES string of the molecule is CC(C)C(O)C(C)(C)CNC(=O)c1n[nH]c2c1CNCC2.Cl. The lowest BCUT2D eigenvalue weighted by molar-refractivity contribution is 0.0138. The van der Waals surface area contributed by atoms with E-state index in [0.29, 0.717) is 18.8 Å². The van der Waals surface area contributed by atoms with Crippen molar-refractivity contribution in [2.75, 3.05) is 13.1 Å². The van der Waals surface area contributed by atoms with E-state index in [9.17, 15) is 9.90 Å². The van der Waals surface area contributed by atoms with E-state index in [1.54, 1.807) is 0 Å². The molecule has 22 heavy (non-hydrogen) atoms. The summed E-state index contributed by atoms with van der Waals surface area (Å²) in [4.78, 5) is 12.3. The van der Waals surface area contributed by atoms with Gasteiger partial charge in [-0.3, -0.25) is 9.89 Å². The maximum Gasteiger partial charge on any atom is 0.272 e. The molecule has 6 nitrogen and oxygen atoms in total. The molecule has 0 spiro atoms. The van der Waals surface area contributed by atoms with Gasteiger partial charge in [-0.25, -0.2) is 0 Å². The molecule has 1 amide bonds. The molecule has 1 aromatic heterocycles. The van der Waals surface area contributed by atoms with Gasteiger partial charge in [-0.2, -0.15) is 5.10 Å². The standard InChI is InChI=1S/C15H26N4O2.ClH/c1-9(2)13(20)15(3,4)8-17-14(21)12-10-7-16-6-5-11(10)18-19-12;/h9,13,16,20H,5-8H2,1-4H3,(H,17,21)(H,18,19);1H. The van der Waals surface area contributed by atoms with Crippen LogP contribution in [0, 0.1) is 11.3 Å². The van der Waals surface area contributed by atoms with Gasteiger partial charge in [0.05, 0.1) is 6.10 Å². The second-order valence-corrected chi connectivity index (χ2v) is 6.82. The Balaban J connectivity index is 0.00000242. The first-order valence-corrected chi connectivity index (χ1v) is 7.56. The fourth-order valence-electron chi connectivity index (χ4n) is 2.81. The quantitative estimate of drug-likeness (QED) is 0.654. The van der Waals surface area contributed by atoms with Gasteiger partial charge in [0.1, 0.15) is 0 Å². The zero-order valence-electron chi connectivity index (χ0n) is 13.7. The lowest BCUT2D eigenvalue weighted by Crippen LogP contribution is -2.43. The minimum absolute atomic E-state index is 0. The number of H-pyrrole nitrogens is 1. The molecule has 0 radical (unpaired) electrons. The first-order valence-electron chi connectivity index (χ1n) is 7.56. The average Bonchev–Trinajstić information content (AvgIpc) is 2.88. The van der Waals surface area contributed by atoms with Crippen LogP contribution < -0.4 is 10.6 Å². The fourth-order valence-corrected chi connectivity index (χ4v) is 2.81. The van der Waals surface area contributed by atoms with E-state index in [4.69, 9.17) is 0 Å². The predicted octanol–water partition coefficient (Wildman–Crippen LogP) is 1.25. The van der Waals surface area contributed by atoms with Crippen LogP contribution in [0.2, 0.25) is 0 Å². The van der Waals surface area contributed by atoms with Crippen LogP contribution in [0.1, 0.15) is 49.4 Å². The van der Waals surface area contributed by atoms with E-state index in [2.05, 4.69) is 20.8 Å². The summed E-state index contributed by atoms with van der Waals surface area (Å²) in [5.41, 5.74) is 2.09. The Morgan fingerprint density at radius 1 is 1.45 bits per heavy atom. The third-order valence-corrected chi connectivity index (χ3v) is 4.16. The van der Waals surface area contributed by atoms with Crippen LogP contribution in [0.15, 0.2) is 0 Å². The molecule has 0 saturated carbocycles. The lowest BCUT2D eigenvalue weighted by atomic mass is 9.80. The highest BCUT2D eigenvalue weighted by atomic mass is 35.5. The van der Waals surface area contributed by atoms with Crippen molar-refractivity contribution in [2.24, 2.45) is 11.3 Å². The third kappa shape index (κ3) is 4.00. The van der Waals surface area contributed by atoms with Crippen LogP contribution in [-0.2, 0) is 13.0 Å². The molecule has 0 saturated heterocycles. The minimum atomic E-state index is -0.465. The van der Waals surface area contributed by atoms with Gasteiger partial charge >= 0.3 is 0 Å². The van der Waals surface area contributed by atoms with Crippen LogP contribution in [-0.4, -0.2) is 40.4 Å². The van der Waals surface area contributed by atoms with Crippen LogP contribution in [0.5, 0.6) is 0 Å². The summed E-state index contributed by atoms with van der Waals surface area (Å²) in [5.74, 6) is -0.0283. The molecular weight excluding hydrogens is 304 g/mol. The Labute approximate surface area is 137 Å². The summed E-state index contributed by atoms with van der Waals surface area (Å²) in [6, 6.07) is 0. The average molecular weight is 331 g/mol. The molecule has 2 rings (SSSR count). The minimum Gasteiger partial charge on any atom is -0.392 e. The lowest BCUT2D eigenvalue weighted by Gasteiger charge is -2.33. The van der Waals surface area contributed by atoms with E-state index < -0.39 is 6.10 Å². The summed E-state index contributed by atoms with van der Waals surface area (Å²) in [5, 5.41) is 23.4. The molecule has 0 aromatic carbocycles. The van der Waals surface area contributed by atoms with Crippen molar-refractivity contribution in [1.29, 1.82) is 0 Å². The third-order valence-electron chi connectivity index (χ3n) is 4.16. The zero-order valence-corrected chi connectivity index (χ0v) is 14.5. The van der Waals surface area contributed by atoms with Gasteiger partial charge in [0.25, 0.3) is 5.91 Å². The number of nitrogens with zero attached hydrogens (tertiary/aromatic N) is 1. The van der Waals surface area contributed by atoms with E-state index in [1.807, 2.05) is 27.7 Å². The molecular formula is C15H27ClN4O2. The number of rotatable bonds is 5. The Morgan fingerprint density at radius 2 is 2.14 bits per heavy atom. The van der Waals surface area contributed by atoms with Gasteiger partial charge < -0.3 is 15.7 Å². The van der Waals surface area contributed by atoms with Gasteiger partial charge in [-0.15, -0.1) is 12.4 Å². The second kappa shape index (κ2) is 7.44. The molecule has 0 fully saturated rings. The predicted molar refractivity (Wildman–Crippen MR) is 88.2 cm³/mol. The highest BCUT2D eigenvalue weighted by Gasteiger charge is 2.31. The first-order chi connectivity index (χ1) is 9.83. The highest BCUT2D eigenvalue weighted by Crippen LogP contribution is 2.25. The number of halogens is 1. The summed E-state index contributed by atoms with van der Waals surface area (Å²) in [7, 11) is 0. The van der Waals surface area contributed by atoms with Crippen LogP contribution in [0.25, 0.3) is 0 Å². The van der Waals surface area contributed by atoms with E-state index in [0.717, 1.165) is 24.2 Å². The zero-order chi connectivity index (χ0) is 15.6. The smallest absolute Gasteiger partial charge is 0.272 e. The Kier molecular flexibility index (Phi) is 6.40. The Hall–Kier alpha value is -1.11. The summed E-state index contributed by atoms with van der Waals surface area (Å²) in [6.45, 7) is 9.86. The normalized spacial score (nSPS) is 15.9. The molecule has 7 heteroatoms. The number of aliphatic hydroxyl groups is 1. The molecule has 4 N–H and O–H groups in total. The number of nitrogens with one attached hydrogen (secondary N) is 3. The van der Waals surface area contributed by atoms with Crippen molar-refractivity contribution >= 4 is 18.3 Å². The number of fused-ring (bicyclic) bond motifs is 1. The van der Waals surface area contributed by atoms with Gasteiger partial charge in [0, 0.05) is 42.7 Å². The van der Waals surface area contributed by atoms with Gasteiger partial charge in [-0.05, 0) is 5.92 Å². The number of aromatic amines is 1. The summed E-state index contributed by atoms with van der Waals surface area (Å²) in [6.07, 6.45) is 0.403. The number of carbonyl (C=O) groups is 1. The maximum absolute atomic E-state index is 12.3. The molecule has 1 unspecified atom stereocenters. The molecule has 2 heterocycles. The molecule has 0 aliphatic carbocycles. The van der Waals surface area contributed by atoms with E-state index >= 15 is 0 Å². The van der Waals surface area contributed by atoms with Crippen LogP contribution >= 0.6 is 12.4 Å². The van der Waals surface area contributed by atoms with Crippen molar-refractivity contribution in [3.8, 4) is 0 Å². The number of hydrogen-bond donors (Lipinski definition) is 4. The topological polar surface area (TPSA) is 90.0 Å². The van der Waals surface area contributed by atoms with Crippen molar-refractivity contribution < 1.29 is 9.90 Å². The number of amides is 1. The Morgan fingerprint density at radius 3 is 2.77 bits per heavy atom. The van der Waals surface area contributed by atoms with Gasteiger partial charge in [-0.1, -0.05) is 27.7 Å². The molecule has 126 valence electrons. The van der Waals surface area contributed by atoms with Gasteiger partial charge in [0.2, 0.25) is 0 Å². The largest absolute Gasteiger partial charge is 0.392 e. The van der Waals surface area contributed by atoms with Crippen molar-refractivity contribution in [3.05, 3.63) is 17.0 Å². The number of aromatic nitrogens is 2. The maximum atomic E-state index is 12.3. The molecule has 1 aliphatic heterocycles. The number of aliphatic hydroxyl groups excluding tert-OH is 1. The fraction of sp³-hybridized carbons (Fsp3) is 0.733. The van der Waals surface area contributed by atoms with E-state index in [-0.39, 0.29) is 29.6 Å². The van der Waals surface area contributed by atoms with Crippen molar-refractivity contribution in [1.82, 2.24) is 20.8 Å². The second-order valence-electron chi connectivity index (χ2n) is 6.82. The number of hydrogen-bond acceptors (Lipinski definition) is 4. The first kappa shape index (κ1) is 18.9. The highest BCUT2D eigenvalue weighted by molar-refractivity contribution is 5.94.